The molecule has 1 aromatic rings. The van der Waals surface area contributed by atoms with Crippen molar-refractivity contribution in [3.63, 3.8) is 0 Å². The van der Waals surface area contributed by atoms with Gasteiger partial charge in [0.25, 0.3) is 0 Å². The summed E-state index contributed by atoms with van der Waals surface area (Å²) < 4.78 is 37.9. The molecule has 0 saturated carbocycles. The highest BCUT2D eigenvalue weighted by molar-refractivity contribution is 7.89. The first-order valence-electron chi connectivity index (χ1n) is 10.5. The van der Waals surface area contributed by atoms with Gasteiger partial charge in [-0.05, 0) is 52.3 Å². The predicted octanol–water partition coefficient (Wildman–Crippen LogP) is 3.36. The highest BCUT2D eigenvalue weighted by atomic mass is 32.2. The molecule has 0 heterocycles. The third kappa shape index (κ3) is 8.74. The first-order chi connectivity index (χ1) is 14.4. The Hall–Kier alpha value is -2.33. The molecule has 176 valence electrons. The Kier molecular flexibility index (Phi) is 10.3. The van der Waals surface area contributed by atoms with Crippen LogP contribution in [0, 0.1) is 0 Å². The van der Waals surface area contributed by atoms with Gasteiger partial charge in [-0.2, -0.15) is 4.31 Å². The number of carbonyl (C=O) groups is 2. The smallest absolute Gasteiger partial charge is 0.407 e. The van der Waals surface area contributed by atoms with Crippen LogP contribution in [0.25, 0.3) is 0 Å². The third-order valence-electron chi connectivity index (χ3n) is 4.10. The molecule has 0 saturated heterocycles. The van der Waals surface area contributed by atoms with Crippen molar-refractivity contribution in [2.24, 2.45) is 0 Å². The molecule has 2 amide bonds. The van der Waals surface area contributed by atoms with Crippen LogP contribution in [-0.2, 0) is 19.6 Å². The highest BCUT2D eigenvalue weighted by Crippen LogP contribution is 2.30. The monoisotopic (exact) mass is 457 g/mol. The summed E-state index contributed by atoms with van der Waals surface area (Å²) in [5.74, 6) is -0.0460. The lowest BCUT2D eigenvalue weighted by Crippen LogP contribution is -2.33. The summed E-state index contributed by atoms with van der Waals surface area (Å²) >= 11 is 0. The quantitative estimate of drug-likeness (QED) is 0.493. The number of anilines is 1. The van der Waals surface area contributed by atoms with Crippen LogP contribution in [0.15, 0.2) is 23.1 Å². The lowest BCUT2D eigenvalue weighted by atomic mass is 10.2. The molecule has 0 aromatic heterocycles. The van der Waals surface area contributed by atoms with Crippen molar-refractivity contribution in [1.82, 2.24) is 9.62 Å². The Balaban J connectivity index is 2.79. The third-order valence-corrected chi connectivity index (χ3v) is 6.17. The maximum atomic E-state index is 13.0. The second-order valence-corrected chi connectivity index (χ2v) is 9.67. The highest BCUT2D eigenvalue weighted by Gasteiger charge is 2.26. The molecule has 0 unspecified atom stereocenters. The molecule has 0 atom stereocenters. The van der Waals surface area contributed by atoms with Gasteiger partial charge in [0.15, 0.2) is 0 Å². The number of carbonyl (C=O) groups excluding carboxylic acids is 2. The Morgan fingerprint density at radius 1 is 1.10 bits per heavy atom. The van der Waals surface area contributed by atoms with Crippen LogP contribution in [0.5, 0.6) is 5.75 Å². The lowest BCUT2D eigenvalue weighted by Gasteiger charge is -2.21. The van der Waals surface area contributed by atoms with Crippen molar-refractivity contribution >= 4 is 27.7 Å². The van der Waals surface area contributed by atoms with Crippen molar-refractivity contribution in [2.45, 2.75) is 64.9 Å². The van der Waals surface area contributed by atoms with Crippen LogP contribution in [-0.4, -0.2) is 56.6 Å². The number of ether oxygens (including phenoxy) is 2. The van der Waals surface area contributed by atoms with Crippen LogP contribution >= 0.6 is 0 Å². The fourth-order valence-corrected chi connectivity index (χ4v) is 4.36. The minimum Gasteiger partial charge on any atom is -0.492 e. The summed E-state index contributed by atoms with van der Waals surface area (Å²) in [6.07, 6.45) is 0.0269. The minimum absolute atomic E-state index is 0.0162. The molecule has 1 rings (SSSR count). The molecule has 0 aliphatic heterocycles. The minimum atomic E-state index is -3.76. The van der Waals surface area contributed by atoms with Crippen LogP contribution in [0.4, 0.5) is 10.5 Å². The van der Waals surface area contributed by atoms with Crippen molar-refractivity contribution < 1.29 is 27.5 Å². The number of amides is 2. The molecule has 2 N–H and O–H groups in total. The second kappa shape index (κ2) is 11.9. The van der Waals surface area contributed by atoms with Gasteiger partial charge < -0.3 is 20.1 Å². The standard InChI is InChI=1S/C21H35N3O6S/c1-7-24(8-2)31(27,28)18-15-16(12-13-17(18)29-9-3)23-19(25)11-10-14-22-20(26)30-21(4,5)6/h12-13,15H,7-11,14H2,1-6H3,(H,22,26)(H,23,25). The van der Waals surface area contributed by atoms with E-state index in [4.69, 9.17) is 9.47 Å². The maximum Gasteiger partial charge on any atom is 0.407 e. The van der Waals surface area contributed by atoms with E-state index < -0.39 is 21.7 Å². The lowest BCUT2D eigenvalue weighted by molar-refractivity contribution is -0.116. The number of nitrogens with one attached hydrogen (secondary N) is 2. The Bertz CT molecular complexity index is 845. The molecular weight excluding hydrogens is 422 g/mol. The Morgan fingerprint density at radius 3 is 2.29 bits per heavy atom. The molecule has 10 heteroatoms. The number of rotatable bonds is 11. The second-order valence-electron chi connectivity index (χ2n) is 7.76. The van der Waals surface area contributed by atoms with Gasteiger partial charge >= 0.3 is 6.09 Å². The summed E-state index contributed by atoms with van der Waals surface area (Å²) in [5.41, 5.74) is -0.225. The average molecular weight is 458 g/mol. The molecule has 0 spiro atoms. The van der Waals surface area contributed by atoms with E-state index in [1.165, 1.54) is 10.4 Å². The Morgan fingerprint density at radius 2 is 1.74 bits per heavy atom. The fraction of sp³-hybridized carbons (Fsp3) is 0.619. The molecule has 9 nitrogen and oxygen atoms in total. The first kappa shape index (κ1) is 26.7. The van der Waals surface area contributed by atoms with Gasteiger partial charge in [0.1, 0.15) is 16.2 Å². The van der Waals surface area contributed by atoms with E-state index in [2.05, 4.69) is 10.6 Å². The molecule has 0 aliphatic carbocycles. The van der Waals surface area contributed by atoms with E-state index in [0.717, 1.165) is 0 Å². The summed E-state index contributed by atoms with van der Waals surface area (Å²) in [6, 6.07) is 4.55. The molecule has 0 fully saturated rings. The predicted molar refractivity (Wildman–Crippen MR) is 120 cm³/mol. The van der Waals surface area contributed by atoms with E-state index >= 15 is 0 Å². The van der Waals surface area contributed by atoms with Gasteiger partial charge in [0.2, 0.25) is 15.9 Å². The van der Waals surface area contributed by atoms with Crippen molar-refractivity contribution in [3.8, 4) is 5.75 Å². The zero-order valence-corrected chi connectivity index (χ0v) is 20.1. The zero-order valence-electron chi connectivity index (χ0n) is 19.3. The number of alkyl carbamates (subject to hydrolysis) is 1. The summed E-state index contributed by atoms with van der Waals surface area (Å²) in [7, 11) is -3.76. The van der Waals surface area contributed by atoms with Crippen molar-refractivity contribution in [2.75, 3.05) is 31.6 Å². The largest absolute Gasteiger partial charge is 0.492 e. The van der Waals surface area contributed by atoms with E-state index in [9.17, 15) is 18.0 Å². The van der Waals surface area contributed by atoms with Gasteiger partial charge in [0, 0.05) is 31.7 Å². The molecule has 0 aliphatic rings. The van der Waals surface area contributed by atoms with Crippen LogP contribution in [0.2, 0.25) is 0 Å². The number of sulfonamides is 1. The first-order valence-corrected chi connectivity index (χ1v) is 11.9. The number of nitrogens with zero attached hydrogens (tertiary/aromatic N) is 1. The fourth-order valence-electron chi connectivity index (χ4n) is 2.74. The van der Waals surface area contributed by atoms with Crippen molar-refractivity contribution in [1.29, 1.82) is 0 Å². The topological polar surface area (TPSA) is 114 Å². The number of hydrogen-bond donors (Lipinski definition) is 2. The van der Waals surface area contributed by atoms with Gasteiger partial charge in [0.05, 0.1) is 6.61 Å². The average Bonchev–Trinajstić information content (AvgIpc) is 2.66. The van der Waals surface area contributed by atoms with Crippen LogP contribution in [0.1, 0.15) is 54.4 Å². The molecule has 31 heavy (non-hydrogen) atoms. The van der Waals surface area contributed by atoms with Gasteiger partial charge in [-0.1, -0.05) is 13.8 Å². The van der Waals surface area contributed by atoms with E-state index in [-0.39, 0.29) is 29.5 Å². The molecule has 1 aromatic carbocycles. The SMILES string of the molecule is CCOc1ccc(NC(=O)CCCNC(=O)OC(C)(C)C)cc1S(=O)(=O)N(CC)CC. The Labute approximate surface area is 185 Å². The van der Waals surface area contributed by atoms with Crippen LogP contribution < -0.4 is 15.4 Å². The maximum absolute atomic E-state index is 13.0. The van der Waals surface area contributed by atoms with Crippen LogP contribution in [0.3, 0.4) is 0 Å². The van der Waals surface area contributed by atoms with Crippen molar-refractivity contribution in [3.05, 3.63) is 18.2 Å². The van der Waals surface area contributed by atoms with Gasteiger partial charge in [-0.3, -0.25) is 4.79 Å². The van der Waals surface area contributed by atoms with E-state index in [1.54, 1.807) is 53.7 Å². The number of benzene rings is 1. The summed E-state index contributed by atoms with van der Waals surface area (Å²) in [6.45, 7) is 11.9. The van der Waals surface area contributed by atoms with Gasteiger partial charge in [-0.25, -0.2) is 13.2 Å². The molecule has 0 bridgehead atoms. The van der Waals surface area contributed by atoms with Gasteiger partial charge in [-0.15, -0.1) is 0 Å². The molecular formula is C21H35N3O6S. The zero-order chi connectivity index (χ0) is 23.7. The number of hydrogen-bond acceptors (Lipinski definition) is 6. The van der Waals surface area contributed by atoms with E-state index in [1.807, 2.05) is 0 Å². The normalized spacial score (nSPS) is 11.8. The summed E-state index contributed by atoms with van der Waals surface area (Å²) in [5, 5.41) is 5.30. The molecule has 0 radical (unpaired) electrons. The van der Waals surface area contributed by atoms with E-state index in [0.29, 0.717) is 31.8 Å². The summed E-state index contributed by atoms with van der Waals surface area (Å²) in [4.78, 5) is 23.9.